The summed E-state index contributed by atoms with van der Waals surface area (Å²) in [5, 5.41) is 7.46. The average Bonchev–Trinajstić information content (AvgIpc) is 2.79. The molecule has 4 nitrogen and oxygen atoms in total. The summed E-state index contributed by atoms with van der Waals surface area (Å²) in [5.41, 5.74) is 2.21. The van der Waals surface area contributed by atoms with Gasteiger partial charge in [-0.1, -0.05) is 5.16 Å². The largest absolute Gasteiger partial charge is 0.361 e. The molecule has 0 bridgehead atoms. The standard InChI is InChI=1S/C12H21N3O/c1-9-12(10(2)16-14-9)8-13-7-11-5-4-6-15(11)3/h11,13H,4-8H2,1-3H3. The Kier molecular flexibility index (Phi) is 3.61. The number of likely N-dealkylation sites (tertiary alicyclic amines) is 1. The zero-order chi connectivity index (χ0) is 11.5. The minimum Gasteiger partial charge on any atom is -0.361 e. The number of hydrogen-bond donors (Lipinski definition) is 1. The molecule has 4 heteroatoms. The molecule has 0 saturated carbocycles. The van der Waals surface area contributed by atoms with Crippen molar-refractivity contribution in [2.24, 2.45) is 0 Å². The molecule has 0 aliphatic carbocycles. The van der Waals surface area contributed by atoms with Gasteiger partial charge in [-0.2, -0.15) is 0 Å². The van der Waals surface area contributed by atoms with Gasteiger partial charge in [-0.3, -0.25) is 0 Å². The second-order valence-electron chi connectivity index (χ2n) is 4.71. The Morgan fingerprint density at radius 1 is 1.50 bits per heavy atom. The smallest absolute Gasteiger partial charge is 0.138 e. The molecule has 1 saturated heterocycles. The second kappa shape index (κ2) is 4.97. The van der Waals surface area contributed by atoms with Crippen molar-refractivity contribution in [3.63, 3.8) is 0 Å². The minimum atomic E-state index is 0.695. The van der Waals surface area contributed by atoms with Gasteiger partial charge in [-0.25, -0.2) is 0 Å². The summed E-state index contributed by atoms with van der Waals surface area (Å²) in [5.74, 6) is 0.935. The van der Waals surface area contributed by atoms with Crippen molar-refractivity contribution in [1.82, 2.24) is 15.4 Å². The molecular weight excluding hydrogens is 202 g/mol. The van der Waals surface area contributed by atoms with E-state index in [0.717, 1.165) is 24.5 Å². The Balaban J connectivity index is 1.80. The van der Waals surface area contributed by atoms with Crippen molar-refractivity contribution in [2.75, 3.05) is 20.1 Å². The van der Waals surface area contributed by atoms with Gasteiger partial charge in [-0.15, -0.1) is 0 Å². The lowest BCUT2D eigenvalue weighted by molar-refractivity contribution is 0.300. The molecule has 1 aromatic rings. The number of nitrogens with one attached hydrogen (secondary N) is 1. The number of aryl methyl sites for hydroxylation is 2. The van der Waals surface area contributed by atoms with Crippen LogP contribution in [0.25, 0.3) is 0 Å². The van der Waals surface area contributed by atoms with Crippen LogP contribution in [-0.4, -0.2) is 36.2 Å². The number of nitrogens with zero attached hydrogens (tertiary/aromatic N) is 2. The summed E-state index contributed by atoms with van der Waals surface area (Å²) in [6.45, 7) is 7.12. The van der Waals surface area contributed by atoms with Crippen LogP contribution in [0.3, 0.4) is 0 Å². The van der Waals surface area contributed by atoms with Crippen molar-refractivity contribution >= 4 is 0 Å². The van der Waals surface area contributed by atoms with E-state index in [1.165, 1.54) is 24.9 Å². The Labute approximate surface area is 97.0 Å². The molecule has 0 spiro atoms. The maximum Gasteiger partial charge on any atom is 0.138 e. The summed E-state index contributed by atoms with van der Waals surface area (Å²) in [4.78, 5) is 2.43. The highest BCUT2D eigenvalue weighted by molar-refractivity contribution is 5.20. The fourth-order valence-corrected chi connectivity index (χ4v) is 2.36. The second-order valence-corrected chi connectivity index (χ2v) is 4.71. The number of likely N-dealkylation sites (N-methyl/N-ethyl adjacent to an activating group) is 1. The summed E-state index contributed by atoms with van der Waals surface area (Å²) in [6, 6.07) is 0.695. The van der Waals surface area contributed by atoms with E-state index in [9.17, 15) is 0 Å². The molecule has 1 aliphatic rings. The van der Waals surface area contributed by atoms with Gasteiger partial charge in [0.25, 0.3) is 0 Å². The molecule has 1 fully saturated rings. The van der Waals surface area contributed by atoms with E-state index in [4.69, 9.17) is 4.52 Å². The molecule has 16 heavy (non-hydrogen) atoms. The van der Waals surface area contributed by atoms with Crippen LogP contribution in [0.4, 0.5) is 0 Å². The third-order valence-electron chi connectivity index (χ3n) is 3.53. The minimum absolute atomic E-state index is 0.695. The summed E-state index contributed by atoms with van der Waals surface area (Å²) < 4.78 is 5.14. The molecule has 1 aromatic heterocycles. The Bertz CT molecular complexity index is 329. The van der Waals surface area contributed by atoms with Crippen molar-refractivity contribution in [3.8, 4) is 0 Å². The molecule has 0 radical (unpaired) electrons. The highest BCUT2D eigenvalue weighted by Crippen LogP contribution is 2.15. The maximum atomic E-state index is 5.14. The van der Waals surface area contributed by atoms with Crippen molar-refractivity contribution in [3.05, 3.63) is 17.0 Å². The summed E-state index contributed by atoms with van der Waals surface area (Å²) in [7, 11) is 2.20. The van der Waals surface area contributed by atoms with E-state index in [2.05, 4.69) is 22.4 Å². The molecule has 1 atom stereocenters. The lowest BCUT2D eigenvalue weighted by Crippen LogP contribution is -2.35. The van der Waals surface area contributed by atoms with Gasteiger partial charge in [0, 0.05) is 24.7 Å². The van der Waals surface area contributed by atoms with E-state index in [1.807, 2.05) is 13.8 Å². The fourth-order valence-electron chi connectivity index (χ4n) is 2.36. The molecule has 1 N–H and O–H groups in total. The Morgan fingerprint density at radius 3 is 2.88 bits per heavy atom. The first kappa shape index (κ1) is 11.6. The van der Waals surface area contributed by atoms with Crippen molar-refractivity contribution in [1.29, 1.82) is 0 Å². The highest BCUT2D eigenvalue weighted by Gasteiger charge is 2.20. The molecule has 0 aromatic carbocycles. The fraction of sp³-hybridized carbons (Fsp3) is 0.750. The molecular formula is C12H21N3O. The highest BCUT2D eigenvalue weighted by atomic mass is 16.5. The summed E-state index contributed by atoms with van der Waals surface area (Å²) in [6.07, 6.45) is 2.64. The van der Waals surface area contributed by atoms with Crippen LogP contribution in [0.2, 0.25) is 0 Å². The van der Waals surface area contributed by atoms with Gasteiger partial charge in [0.05, 0.1) is 5.69 Å². The Hall–Kier alpha value is -0.870. The first-order valence-electron chi connectivity index (χ1n) is 6.01. The van der Waals surface area contributed by atoms with Crippen LogP contribution in [0.15, 0.2) is 4.52 Å². The van der Waals surface area contributed by atoms with Gasteiger partial charge in [0.15, 0.2) is 0 Å². The van der Waals surface area contributed by atoms with Crippen LogP contribution < -0.4 is 5.32 Å². The number of hydrogen-bond acceptors (Lipinski definition) is 4. The predicted octanol–water partition coefficient (Wildman–Crippen LogP) is 1.48. The van der Waals surface area contributed by atoms with E-state index >= 15 is 0 Å². The number of rotatable bonds is 4. The van der Waals surface area contributed by atoms with Crippen LogP contribution in [0.1, 0.15) is 29.9 Å². The summed E-state index contributed by atoms with van der Waals surface area (Å²) >= 11 is 0. The zero-order valence-electron chi connectivity index (χ0n) is 10.4. The van der Waals surface area contributed by atoms with E-state index < -0.39 is 0 Å². The third kappa shape index (κ3) is 2.44. The van der Waals surface area contributed by atoms with Gasteiger partial charge >= 0.3 is 0 Å². The lowest BCUT2D eigenvalue weighted by Gasteiger charge is -2.19. The lowest BCUT2D eigenvalue weighted by atomic mass is 10.2. The monoisotopic (exact) mass is 223 g/mol. The van der Waals surface area contributed by atoms with Crippen LogP contribution in [0, 0.1) is 13.8 Å². The quantitative estimate of drug-likeness (QED) is 0.839. The third-order valence-corrected chi connectivity index (χ3v) is 3.53. The first-order chi connectivity index (χ1) is 7.68. The molecule has 0 amide bonds. The van der Waals surface area contributed by atoms with E-state index in [0.29, 0.717) is 6.04 Å². The van der Waals surface area contributed by atoms with Crippen LogP contribution in [0.5, 0.6) is 0 Å². The predicted molar refractivity (Wildman–Crippen MR) is 63.3 cm³/mol. The van der Waals surface area contributed by atoms with Crippen molar-refractivity contribution in [2.45, 2.75) is 39.3 Å². The van der Waals surface area contributed by atoms with E-state index in [1.54, 1.807) is 0 Å². The Morgan fingerprint density at radius 2 is 2.31 bits per heavy atom. The van der Waals surface area contributed by atoms with E-state index in [-0.39, 0.29) is 0 Å². The van der Waals surface area contributed by atoms with Crippen LogP contribution in [-0.2, 0) is 6.54 Å². The number of aromatic nitrogens is 1. The zero-order valence-corrected chi connectivity index (χ0v) is 10.4. The van der Waals surface area contributed by atoms with Gasteiger partial charge in [-0.05, 0) is 40.3 Å². The van der Waals surface area contributed by atoms with Gasteiger partial charge in [0.2, 0.25) is 0 Å². The van der Waals surface area contributed by atoms with Gasteiger partial charge in [0.1, 0.15) is 5.76 Å². The van der Waals surface area contributed by atoms with Gasteiger partial charge < -0.3 is 14.7 Å². The maximum absolute atomic E-state index is 5.14. The van der Waals surface area contributed by atoms with Crippen molar-refractivity contribution < 1.29 is 4.52 Å². The SMILES string of the molecule is Cc1noc(C)c1CNCC1CCCN1C. The molecule has 2 rings (SSSR count). The van der Waals surface area contributed by atoms with Crippen LogP contribution >= 0.6 is 0 Å². The molecule has 1 aliphatic heterocycles. The molecule has 90 valence electrons. The topological polar surface area (TPSA) is 41.3 Å². The molecule has 2 heterocycles. The first-order valence-corrected chi connectivity index (χ1v) is 6.01. The molecule has 1 unspecified atom stereocenters. The normalized spacial score (nSPS) is 21.8. The average molecular weight is 223 g/mol.